The fourth-order valence-electron chi connectivity index (χ4n) is 2.66. The van der Waals surface area contributed by atoms with E-state index in [4.69, 9.17) is 0 Å². The number of sulfonamides is 1. The third-order valence-corrected chi connectivity index (χ3v) is 5.58. The molecule has 2 aromatic rings. The van der Waals surface area contributed by atoms with Crippen LogP contribution in [0.1, 0.15) is 17.5 Å². The van der Waals surface area contributed by atoms with Crippen LogP contribution in [-0.2, 0) is 16.6 Å². The number of nitrogens with zero attached hydrogens (tertiary/aromatic N) is 2. The summed E-state index contributed by atoms with van der Waals surface area (Å²) in [6, 6.07) is 13.8. The zero-order valence-electron chi connectivity index (χ0n) is 14.9. The Hall–Kier alpha value is -2.29. The monoisotopic (exact) mass is 377 g/mol. The highest BCUT2D eigenvalue weighted by atomic mass is 32.2. The van der Waals surface area contributed by atoms with Crippen molar-refractivity contribution in [2.24, 2.45) is 0 Å². The van der Waals surface area contributed by atoms with Gasteiger partial charge in [-0.2, -0.15) is 0 Å². The Labute approximate surface area is 153 Å². The molecule has 0 aliphatic rings. The van der Waals surface area contributed by atoms with E-state index in [9.17, 15) is 18.5 Å². The number of hydrogen-bond donors (Lipinski definition) is 1. The smallest absolute Gasteiger partial charge is 0.269 e. The van der Waals surface area contributed by atoms with Crippen LogP contribution in [0.5, 0.6) is 0 Å². The van der Waals surface area contributed by atoms with Crippen LogP contribution in [-0.4, -0.2) is 38.4 Å². The van der Waals surface area contributed by atoms with Crippen molar-refractivity contribution < 1.29 is 13.3 Å². The Morgan fingerprint density at radius 3 is 2.46 bits per heavy atom. The minimum absolute atomic E-state index is 0.0701. The lowest BCUT2D eigenvalue weighted by atomic mass is 10.2. The highest BCUT2D eigenvalue weighted by Crippen LogP contribution is 2.20. The van der Waals surface area contributed by atoms with Crippen LogP contribution in [0.3, 0.4) is 0 Å². The van der Waals surface area contributed by atoms with E-state index in [-0.39, 0.29) is 10.6 Å². The maximum Gasteiger partial charge on any atom is 0.269 e. The van der Waals surface area contributed by atoms with Gasteiger partial charge in [-0.05, 0) is 44.1 Å². The standard InChI is InChI=1S/C18H23N3O4S/c1-15-13-17(21(22)23)9-10-18(15)26(24,25)19-11-6-12-20(2)14-16-7-4-3-5-8-16/h3-5,7-10,13,19H,6,11-12,14H2,1-2H3. The van der Waals surface area contributed by atoms with Crippen molar-refractivity contribution in [3.8, 4) is 0 Å². The summed E-state index contributed by atoms with van der Waals surface area (Å²) in [5.41, 5.74) is 1.44. The van der Waals surface area contributed by atoms with Crippen LogP contribution in [0.25, 0.3) is 0 Å². The Balaban J connectivity index is 1.85. The fraction of sp³-hybridized carbons (Fsp3) is 0.333. The van der Waals surface area contributed by atoms with Gasteiger partial charge in [0.05, 0.1) is 9.82 Å². The first-order valence-corrected chi connectivity index (χ1v) is 9.75. The number of nitro benzene ring substituents is 1. The zero-order chi connectivity index (χ0) is 19.2. The Bertz CT molecular complexity index is 854. The van der Waals surface area contributed by atoms with Gasteiger partial charge < -0.3 is 4.90 Å². The first-order chi connectivity index (χ1) is 12.3. The molecule has 0 unspecified atom stereocenters. The summed E-state index contributed by atoms with van der Waals surface area (Å²) in [6.45, 7) is 3.40. The number of hydrogen-bond acceptors (Lipinski definition) is 5. The molecule has 7 nitrogen and oxygen atoms in total. The van der Waals surface area contributed by atoms with Crippen molar-refractivity contribution in [2.45, 2.75) is 24.8 Å². The average Bonchev–Trinajstić information content (AvgIpc) is 2.59. The molecule has 0 saturated carbocycles. The molecule has 26 heavy (non-hydrogen) atoms. The molecule has 2 aromatic carbocycles. The normalized spacial score (nSPS) is 11.7. The van der Waals surface area contributed by atoms with E-state index in [2.05, 4.69) is 21.8 Å². The summed E-state index contributed by atoms with van der Waals surface area (Å²) in [5.74, 6) is 0. The second kappa shape index (κ2) is 8.88. The molecule has 2 rings (SSSR count). The summed E-state index contributed by atoms with van der Waals surface area (Å²) < 4.78 is 27.3. The average molecular weight is 377 g/mol. The molecule has 8 heteroatoms. The van der Waals surface area contributed by atoms with Crippen LogP contribution in [0, 0.1) is 17.0 Å². The molecule has 0 radical (unpaired) electrons. The first-order valence-electron chi connectivity index (χ1n) is 8.27. The summed E-state index contributed by atoms with van der Waals surface area (Å²) in [5, 5.41) is 10.8. The predicted octanol–water partition coefficient (Wildman–Crippen LogP) is 2.70. The van der Waals surface area contributed by atoms with Gasteiger partial charge in [0.25, 0.3) is 5.69 Å². The fourth-order valence-corrected chi connectivity index (χ4v) is 3.95. The van der Waals surface area contributed by atoms with Crippen LogP contribution in [0.15, 0.2) is 53.4 Å². The van der Waals surface area contributed by atoms with E-state index in [1.165, 1.54) is 23.8 Å². The van der Waals surface area contributed by atoms with E-state index in [0.717, 1.165) is 13.1 Å². The van der Waals surface area contributed by atoms with Crippen molar-refractivity contribution in [3.63, 3.8) is 0 Å². The maximum atomic E-state index is 12.4. The van der Waals surface area contributed by atoms with Crippen molar-refractivity contribution in [1.29, 1.82) is 0 Å². The molecule has 0 saturated heterocycles. The van der Waals surface area contributed by atoms with Crippen molar-refractivity contribution in [2.75, 3.05) is 20.1 Å². The van der Waals surface area contributed by atoms with E-state index in [0.29, 0.717) is 18.5 Å². The van der Waals surface area contributed by atoms with Gasteiger partial charge in [-0.3, -0.25) is 10.1 Å². The van der Waals surface area contributed by atoms with E-state index >= 15 is 0 Å². The van der Waals surface area contributed by atoms with Crippen LogP contribution < -0.4 is 4.72 Å². The van der Waals surface area contributed by atoms with Gasteiger partial charge in [0.15, 0.2) is 0 Å². The molecule has 0 aromatic heterocycles. The minimum atomic E-state index is -3.68. The molecule has 0 aliphatic heterocycles. The lowest BCUT2D eigenvalue weighted by Crippen LogP contribution is -2.28. The Morgan fingerprint density at radius 2 is 1.85 bits per heavy atom. The van der Waals surface area contributed by atoms with E-state index in [1.54, 1.807) is 6.92 Å². The summed E-state index contributed by atoms with van der Waals surface area (Å²) in [4.78, 5) is 12.4. The number of rotatable bonds is 9. The minimum Gasteiger partial charge on any atom is -0.302 e. The second-order valence-corrected chi connectivity index (χ2v) is 7.92. The number of nitro groups is 1. The lowest BCUT2D eigenvalue weighted by molar-refractivity contribution is -0.385. The number of benzene rings is 2. The predicted molar refractivity (Wildman–Crippen MR) is 100 cm³/mol. The van der Waals surface area contributed by atoms with Gasteiger partial charge in [-0.15, -0.1) is 0 Å². The van der Waals surface area contributed by atoms with Gasteiger partial charge in [-0.1, -0.05) is 30.3 Å². The Kier molecular flexibility index (Phi) is 6.84. The quantitative estimate of drug-likeness (QED) is 0.412. The molecular formula is C18H23N3O4S. The zero-order valence-corrected chi connectivity index (χ0v) is 15.7. The van der Waals surface area contributed by atoms with Crippen molar-refractivity contribution in [1.82, 2.24) is 9.62 Å². The van der Waals surface area contributed by atoms with Gasteiger partial charge in [0, 0.05) is 25.2 Å². The first kappa shape index (κ1) is 20.0. The third kappa shape index (κ3) is 5.62. The molecule has 1 N–H and O–H groups in total. The van der Waals surface area contributed by atoms with Gasteiger partial charge in [-0.25, -0.2) is 13.1 Å². The molecule has 0 bridgehead atoms. The second-order valence-electron chi connectivity index (χ2n) is 6.18. The molecule has 0 aliphatic carbocycles. The maximum absolute atomic E-state index is 12.4. The topological polar surface area (TPSA) is 92.5 Å². The van der Waals surface area contributed by atoms with Crippen LogP contribution in [0.4, 0.5) is 5.69 Å². The van der Waals surface area contributed by atoms with Gasteiger partial charge >= 0.3 is 0 Å². The van der Waals surface area contributed by atoms with Crippen LogP contribution >= 0.6 is 0 Å². The van der Waals surface area contributed by atoms with Gasteiger partial charge in [0.1, 0.15) is 0 Å². The highest BCUT2D eigenvalue weighted by molar-refractivity contribution is 7.89. The highest BCUT2D eigenvalue weighted by Gasteiger charge is 2.18. The summed E-state index contributed by atoms with van der Waals surface area (Å²) in [7, 11) is -1.69. The van der Waals surface area contributed by atoms with Crippen molar-refractivity contribution >= 4 is 15.7 Å². The van der Waals surface area contributed by atoms with Crippen LogP contribution in [0.2, 0.25) is 0 Å². The van der Waals surface area contributed by atoms with E-state index < -0.39 is 14.9 Å². The Morgan fingerprint density at radius 1 is 1.15 bits per heavy atom. The molecule has 0 spiro atoms. The van der Waals surface area contributed by atoms with Gasteiger partial charge in [0.2, 0.25) is 10.0 Å². The SMILES string of the molecule is Cc1cc([N+](=O)[O-])ccc1S(=O)(=O)NCCCN(C)Cc1ccccc1. The number of nitrogens with one attached hydrogen (secondary N) is 1. The third-order valence-electron chi connectivity index (χ3n) is 3.96. The van der Waals surface area contributed by atoms with Crippen molar-refractivity contribution in [3.05, 3.63) is 69.8 Å². The summed E-state index contributed by atoms with van der Waals surface area (Å²) >= 11 is 0. The summed E-state index contributed by atoms with van der Waals surface area (Å²) in [6.07, 6.45) is 0.661. The largest absolute Gasteiger partial charge is 0.302 e. The molecule has 0 heterocycles. The molecular weight excluding hydrogens is 354 g/mol. The molecule has 0 fully saturated rings. The molecule has 140 valence electrons. The number of non-ortho nitro benzene ring substituents is 1. The lowest BCUT2D eigenvalue weighted by Gasteiger charge is -2.17. The molecule has 0 atom stereocenters. The number of aryl methyl sites for hydroxylation is 1. The molecule has 0 amide bonds. The van der Waals surface area contributed by atoms with E-state index in [1.807, 2.05) is 25.2 Å².